The van der Waals surface area contributed by atoms with E-state index in [0.29, 0.717) is 12.5 Å². The molecule has 0 radical (unpaired) electrons. The van der Waals surface area contributed by atoms with Crippen LogP contribution in [0.2, 0.25) is 0 Å². The smallest absolute Gasteiger partial charge is 0.334 e. The van der Waals surface area contributed by atoms with Gasteiger partial charge in [0.15, 0.2) is 6.29 Å². The van der Waals surface area contributed by atoms with E-state index in [1.165, 1.54) is 0 Å². The van der Waals surface area contributed by atoms with Gasteiger partial charge in [0.1, 0.15) is 6.61 Å². The van der Waals surface area contributed by atoms with Crippen molar-refractivity contribution in [2.24, 2.45) is 22.7 Å². The molecule has 5 aliphatic rings. The number of rotatable bonds is 1. The lowest BCUT2D eigenvalue weighted by Gasteiger charge is -2.52. The molecule has 2 bridgehead atoms. The number of fused-ring (bicyclic) bond motifs is 1. The maximum atomic E-state index is 12.3. The molecule has 0 unspecified atom stereocenters. The topological polar surface area (TPSA) is 57.9 Å². The van der Waals surface area contributed by atoms with Crippen LogP contribution in [0.25, 0.3) is 0 Å². The molecule has 3 aliphatic heterocycles. The molecule has 0 N–H and O–H groups in total. The van der Waals surface area contributed by atoms with E-state index < -0.39 is 0 Å². The summed E-state index contributed by atoms with van der Waals surface area (Å²) in [6.45, 7) is 2.74. The van der Waals surface area contributed by atoms with Crippen molar-refractivity contribution in [3.8, 4) is 0 Å². The minimum atomic E-state index is -0.258. The third kappa shape index (κ3) is 1.51. The summed E-state index contributed by atoms with van der Waals surface area (Å²) in [5, 5.41) is 0. The number of furan rings is 1. The second kappa shape index (κ2) is 4.46. The zero-order valence-corrected chi connectivity index (χ0v) is 14.0. The Balaban J connectivity index is 1.48. The van der Waals surface area contributed by atoms with Crippen LogP contribution in [0.5, 0.6) is 0 Å². The van der Waals surface area contributed by atoms with Crippen LogP contribution in [0.3, 0.4) is 0 Å². The Morgan fingerprint density at radius 1 is 1.24 bits per heavy atom. The molecule has 6 rings (SSSR count). The lowest BCUT2D eigenvalue weighted by Crippen LogP contribution is -2.54. The Morgan fingerprint density at radius 3 is 3.00 bits per heavy atom. The van der Waals surface area contributed by atoms with Gasteiger partial charge in [-0.2, -0.15) is 0 Å². The molecule has 7 atom stereocenters. The maximum Gasteiger partial charge on any atom is 0.334 e. The van der Waals surface area contributed by atoms with Crippen LogP contribution in [0.4, 0.5) is 0 Å². The second-order valence-electron chi connectivity index (χ2n) is 8.17. The van der Waals surface area contributed by atoms with Crippen molar-refractivity contribution >= 4 is 5.97 Å². The SMILES string of the molecule is C[C@@H]1[C@H]2C[C@@]34COC(=O)C3=CC=C[C@H]4[C@@]13C[C@H](c1ccoc1)O[C@H]3O2. The van der Waals surface area contributed by atoms with Gasteiger partial charge in [0.05, 0.1) is 24.7 Å². The van der Waals surface area contributed by atoms with E-state index in [1.807, 2.05) is 18.2 Å². The van der Waals surface area contributed by atoms with E-state index in [2.05, 4.69) is 13.0 Å². The first-order valence-corrected chi connectivity index (χ1v) is 9.04. The molecule has 3 saturated heterocycles. The summed E-state index contributed by atoms with van der Waals surface area (Å²) in [5.74, 6) is 0.411. The predicted molar refractivity (Wildman–Crippen MR) is 86.1 cm³/mol. The van der Waals surface area contributed by atoms with Gasteiger partial charge in [-0.05, 0) is 24.8 Å². The number of esters is 1. The number of carbonyl (C=O) groups is 1. The van der Waals surface area contributed by atoms with Crippen LogP contribution in [0.15, 0.2) is 46.8 Å². The predicted octanol–water partition coefficient (Wildman–Crippen LogP) is 3.15. The van der Waals surface area contributed by atoms with Gasteiger partial charge in [-0.3, -0.25) is 0 Å². The van der Waals surface area contributed by atoms with E-state index in [1.54, 1.807) is 12.5 Å². The standard InChI is InChI=1S/C20H20O5/c1-11-14-7-19-10-23-17(21)13(19)3-2-4-16(19)20(11)8-15(25-18(20)24-14)12-5-6-22-9-12/h2-6,9,11,14-16,18H,7-8,10H2,1H3/t11-,14-,15-,16-,18-,19-,20-/m1/s1. The molecule has 1 saturated carbocycles. The number of ether oxygens (including phenoxy) is 3. The summed E-state index contributed by atoms with van der Waals surface area (Å²) in [6.07, 6.45) is 11.2. The molecule has 1 aromatic rings. The van der Waals surface area contributed by atoms with Crippen LogP contribution in [0, 0.1) is 22.7 Å². The average Bonchev–Trinajstić information content (AvgIpc) is 3.34. The fourth-order valence-electron chi connectivity index (χ4n) is 6.20. The average molecular weight is 340 g/mol. The van der Waals surface area contributed by atoms with E-state index in [0.717, 1.165) is 24.0 Å². The number of hydrogen-bond acceptors (Lipinski definition) is 5. The van der Waals surface area contributed by atoms with E-state index >= 15 is 0 Å². The first-order valence-electron chi connectivity index (χ1n) is 9.04. The van der Waals surface area contributed by atoms with Crippen molar-refractivity contribution in [2.45, 2.75) is 38.3 Å². The molecule has 0 aromatic carbocycles. The zero-order valence-electron chi connectivity index (χ0n) is 14.0. The number of allylic oxidation sites excluding steroid dienone is 3. The largest absolute Gasteiger partial charge is 0.472 e. The van der Waals surface area contributed by atoms with Gasteiger partial charge in [-0.25, -0.2) is 4.79 Å². The number of carbonyl (C=O) groups excluding carboxylic acids is 1. The Kier molecular flexibility index (Phi) is 2.56. The summed E-state index contributed by atoms with van der Waals surface area (Å²) in [7, 11) is 0. The molecule has 130 valence electrons. The highest BCUT2D eigenvalue weighted by atomic mass is 16.7. The first-order chi connectivity index (χ1) is 12.1. The van der Waals surface area contributed by atoms with Gasteiger partial charge < -0.3 is 18.6 Å². The Labute approximate surface area is 145 Å². The molecule has 0 amide bonds. The van der Waals surface area contributed by atoms with Gasteiger partial charge in [0.2, 0.25) is 0 Å². The molecule has 4 heterocycles. The molecule has 5 nitrogen and oxygen atoms in total. The lowest BCUT2D eigenvalue weighted by atomic mass is 9.48. The first kappa shape index (κ1) is 14.3. The molecular weight excluding hydrogens is 320 g/mol. The van der Waals surface area contributed by atoms with Gasteiger partial charge >= 0.3 is 5.97 Å². The van der Waals surface area contributed by atoms with Crippen molar-refractivity contribution in [3.63, 3.8) is 0 Å². The van der Waals surface area contributed by atoms with Crippen LogP contribution in [-0.2, 0) is 19.0 Å². The minimum Gasteiger partial charge on any atom is -0.472 e. The monoisotopic (exact) mass is 340 g/mol. The van der Waals surface area contributed by atoms with Crippen molar-refractivity contribution < 1.29 is 23.4 Å². The van der Waals surface area contributed by atoms with Crippen molar-refractivity contribution in [3.05, 3.63) is 48.0 Å². The molecule has 2 aliphatic carbocycles. The third-order valence-corrected chi connectivity index (χ3v) is 7.41. The Hall–Kier alpha value is -1.85. The summed E-state index contributed by atoms with van der Waals surface area (Å²) < 4.78 is 23.5. The summed E-state index contributed by atoms with van der Waals surface area (Å²) in [5.41, 5.74) is 1.50. The van der Waals surface area contributed by atoms with Crippen molar-refractivity contribution in [1.82, 2.24) is 0 Å². The van der Waals surface area contributed by atoms with Crippen LogP contribution in [-0.4, -0.2) is 25.0 Å². The normalized spacial score (nSPS) is 49.4. The Bertz CT molecular complexity index is 808. The van der Waals surface area contributed by atoms with Gasteiger partial charge in [-0.15, -0.1) is 0 Å². The minimum absolute atomic E-state index is 0.0249. The highest BCUT2D eigenvalue weighted by Gasteiger charge is 2.73. The van der Waals surface area contributed by atoms with Crippen molar-refractivity contribution in [1.29, 1.82) is 0 Å². The van der Waals surface area contributed by atoms with Gasteiger partial charge in [0.25, 0.3) is 0 Å². The van der Waals surface area contributed by atoms with Crippen LogP contribution >= 0.6 is 0 Å². The van der Waals surface area contributed by atoms with Crippen LogP contribution in [0.1, 0.15) is 31.4 Å². The third-order valence-electron chi connectivity index (χ3n) is 7.41. The molecule has 2 spiro atoms. The second-order valence-corrected chi connectivity index (χ2v) is 8.17. The van der Waals surface area contributed by atoms with E-state index in [9.17, 15) is 4.79 Å². The molecule has 4 fully saturated rings. The summed E-state index contributed by atoms with van der Waals surface area (Å²) in [4.78, 5) is 12.3. The Morgan fingerprint density at radius 2 is 2.16 bits per heavy atom. The van der Waals surface area contributed by atoms with Gasteiger partial charge in [-0.1, -0.05) is 25.2 Å². The summed E-state index contributed by atoms with van der Waals surface area (Å²) >= 11 is 0. The van der Waals surface area contributed by atoms with Crippen LogP contribution < -0.4 is 0 Å². The van der Waals surface area contributed by atoms with E-state index in [4.69, 9.17) is 18.6 Å². The fourth-order valence-corrected chi connectivity index (χ4v) is 6.20. The molecule has 5 heteroatoms. The summed E-state index contributed by atoms with van der Waals surface area (Å²) in [6, 6.07) is 1.97. The highest BCUT2D eigenvalue weighted by Crippen LogP contribution is 2.71. The molecular formula is C20H20O5. The number of hydrogen-bond donors (Lipinski definition) is 0. The molecule has 25 heavy (non-hydrogen) atoms. The zero-order chi connectivity index (χ0) is 16.8. The van der Waals surface area contributed by atoms with Crippen molar-refractivity contribution in [2.75, 3.05) is 6.61 Å². The maximum absolute atomic E-state index is 12.3. The van der Waals surface area contributed by atoms with E-state index in [-0.39, 0.29) is 41.2 Å². The lowest BCUT2D eigenvalue weighted by molar-refractivity contribution is -0.149. The quantitative estimate of drug-likeness (QED) is 0.735. The van der Waals surface area contributed by atoms with Gasteiger partial charge in [0, 0.05) is 27.9 Å². The fraction of sp³-hybridized carbons (Fsp3) is 0.550. The highest BCUT2D eigenvalue weighted by molar-refractivity contribution is 5.93. The number of cyclic esters (lactones) is 1. The molecule has 1 aromatic heterocycles.